The normalized spacial score (nSPS) is 9.75. The molecule has 0 aromatic heterocycles. The summed E-state index contributed by atoms with van der Waals surface area (Å²) in [5.41, 5.74) is 3.44. The molecular weight excluding hydrogens is 252 g/mol. The van der Waals surface area contributed by atoms with E-state index in [2.05, 4.69) is 11.4 Å². The number of nitrogens with one attached hydrogen (secondary N) is 1. The van der Waals surface area contributed by atoms with Crippen LogP contribution in [0.3, 0.4) is 0 Å². The zero-order valence-electron chi connectivity index (χ0n) is 10.8. The SMILES string of the molecule is N#Cc1ccc(NCc2ccc(CC(=O)O)cc2)cc1. The second kappa shape index (κ2) is 6.39. The summed E-state index contributed by atoms with van der Waals surface area (Å²) in [7, 11) is 0. The van der Waals surface area contributed by atoms with E-state index >= 15 is 0 Å². The number of benzene rings is 2. The van der Waals surface area contributed by atoms with Gasteiger partial charge in [0, 0.05) is 12.2 Å². The number of hydrogen-bond donors (Lipinski definition) is 2. The lowest BCUT2D eigenvalue weighted by atomic mass is 10.1. The van der Waals surface area contributed by atoms with Gasteiger partial charge in [-0.15, -0.1) is 0 Å². The Labute approximate surface area is 117 Å². The van der Waals surface area contributed by atoms with Gasteiger partial charge in [-0.1, -0.05) is 24.3 Å². The van der Waals surface area contributed by atoms with Gasteiger partial charge in [0.2, 0.25) is 0 Å². The molecule has 2 rings (SSSR count). The van der Waals surface area contributed by atoms with Crippen LogP contribution in [0.25, 0.3) is 0 Å². The van der Waals surface area contributed by atoms with Crippen LogP contribution in [0.5, 0.6) is 0 Å². The molecule has 20 heavy (non-hydrogen) atoms. The summed E-state index contributed by atoms with van der Waals surface area (Å²) in [6.45, 7) is 0.652. The Morgan fingerprint density at radius 3 is 2.20 bits per heavy atom. The van der Waals surface area contributed by atoms with Gasteiger partial charge in [0.15, 0.2) is 0 Å². The first-order chi connectivity index (χ1) is 9.67. The van der Waals surface area contributed by atoms with Crippen molar-refractivity contribution in [3.8, 4) is 6.07 Å². The highest BCUT2D eigenvalue weighted by Gasteiger charge is 2.00. The zero-order chi connectivity index (χ0) is 14.4. The number of nitriles is 1. The number of rotatable bonds is 5. The fourth-order valence-electron chi connectivity index (χ4n) is 1.82. The summed E-state index contributed by atoms with van der Waals surface area (Å²) in [6.07, 6.45) is 0.0450. The molecule has 2 aromatic carbocycles. The molecule has 0 bridgehead atoms. The predicted molar refractivity (Wildman–Crippen MR) is 76.3 cm³/mol. The molecule has 2 N–H and O–H groups in total. The standard InChI is InChI=1S/C16H14N2O2/c17-10-13-5-7-15(8-6-13)18-11-14-3-1-12(2-4-14)9-16(19)20/h1-8,18H,9,11H2,(H,19,20). The summed E-state index contributed by atoms with van der Waals surface area (Å²) in [5.74, 6) is -0.826. The van der Waals surface area contributed by atoms with Crippen LogP contribution in [0.2, 0.25) is 0 Å². The number of hydrogen-bond acceptors (Lipinski definition) is 3. The van der Waals surface area contributed by atoms with Crippen molar-refractivity contribution in [2.45, 2.75) is 13.0 Å². The molecule has 0 atom stereocenters. The van der Waals surface area contributed by atoms with Gasteiger partial charge in [-0.3, -0.25) is 4.79 Å². The molecule has 0 amide bonds. The zero-order valence-corrected chi connectivity index (χ0v) is 10.8. The average Bonchev–Trinajstić information content (AvgIpc) is 2.46. The summed E-state index contributed by atoms with van der Waals surface area (Å²) in [4.78, 5) is 10.6. The van der Waals surface area contributed by atoms with Gasteiger partial charge in [-0.2, -0.15) is 5.26 Å². The van der Waals surface area contributed by atoms with E-state index in [1.54, 1.807) is 12.1 Å². The molecule has 0 aliphatic rings. The topological polar surface area (TPSA) is 73.1 Å². The molecule has 0 aliphatic carbocycles. The van der Waals surface area contributed by atoms with Crippen molar-refractivity contribution < 1.29 is 9.90 Å². The smallest absolute Gasteiger partial charge is 0.307 e. The van der Waals surface area contributed by atoms with Crippen molar-refractivity contribution >= 4 is 11.7 Å². The van der Waals surface area contributed by atoms with Gasteiger partial charge in [0.25, 0.3) is 0 Å². The minimum absolute atomic E-state index is 0.0450. The molecule has 0 unspecified atom stereocenters. The van der Waals surface area contributed by atoms with Crippen molar-refractivity contribution in [1.29, 1.82) is 5.26 Å². The fourth-order valence-corrected chi connectivity index (χ4v) is 1.82. The maximum Gasteiger partial charge on any atom is 0.307 e. The van der Waals surface area contributed by atoms with E-state index in [1.807, 2.05) is 36.4 Å². The van der Waals surface area contributed by atoms with Crippen LogP contribution in [0.4, 0.5) is 5.69 Å². The lowest BCUT2D eigenvalue weighted by Crippen LogP contribution is -2.02. The number of carbonyl (C=O) groups is 1. The lowest BCUT2D eigenvalue weighted by molar-refractivity contribution is -0.136. The third-order valence-corrected chi connectivity index (χ3v) is 2.89. The molecule has 0 fully saturated rings. The first-order valence-corrected chi connectivity index (χ1v) is 6.21. The molecule has 0 aliphatic heterocycles. The average molecular weight is 266 g/mol. The van der Waals surface area contributed by atoms with E-state index < -0.39 is 5.97 Å². The minimum atomic E-state index is -0.826. The van der Waals surface area contributed by atoms with E-state index in [9.17, 15) is 4.79 Å². The summed E-state index contributed by atoms with van der Waals surface area (Å²) >= 11 is 0. The molecule has 4 heteroatoms. The Bertz CT molecular complexity index is 625. The van der Waals surface area contributed by atoms with Gasteiger partial charge >= 0.3 is 5.97 Å². The van der Waals surface area contributed by atoms with Crippen LogP contribution >= 0.6 is 0 Å². The quantitative estimate of drug-likeness (QED) is 0.872. The molecule has 4 nitrogen and oxygen atoms in total. The van der Waals surface area contributed by atoms with Gasteiger partial charge in [-0.05, 0) is 35.4 Å². The van der Waals surface area contributed by atoms with Crippen molar-refractivity contribution in [2.24, 2.45) is 0 Å². The Hall–Kier alpha value is -2.80. The summed E-state index contributed by atoms with van der Waals surface area (Å²) in [6, 6.07) is 16.8. The first-order valence-electron chi connectivity index (χ1n) is 6.21. The van der Waals surface area contributed by atoms with Crippen LogP contribution in [-0.4, -0.2) is 11.1 Å². The van der Waals surface area contributed by atoms with E-state index in [0.717, 1.165) is 16.8 Å². The Morgan fingerprint density at radius 1 is 1.05 bits per heavy atom. The molecular formula is C16H14N2O2. The molecule has 0 heterocycles. The van der Waals surface area contributed by atoms with E-state index in [4.69, 9.17) is 10.4 Å². The van der Waals surface area contributed by atoms with Crippen LogP contribution in [0.15, 0.2) is 48.5 Å². The largest absolute Gasteiger partial charge is 0.481 e. The Morgan fingerprint density at radius 2 is 1.65 bits per heavy atom. The van der Waals surface area contributed by atoms with Crippen LogP contribution in [0, 0.1) is 11.3 Å². The number of carboxylic acid groups (broad SMARTS) is 1. The van der Waals surface area contributed by atoms with Crippen LogP contribution in [0.1, 0.15) is 16.7 Å². The first kappa shape index (κ1) is 13.6. The third kappa shape index (κ3) is 3.85. The van der Waals surface area contributed by atoms with Crippen LogP contribution < -0.4 is 5.32 Å². The minimum Gasteiger partial charge on any atom is -0.481 e. The number of anilines is 1. The summed E-state index contributed by atoms with van der Waals surface area (Å²) in [5, 5.41) is 20.7. The monoisotopic (exact) mass is 266 g/mol. The second-order valence-electron chi connectivity index (χ2n) is 4.43. The second-order valence-corrected chi connectivity index (χ2v) is 4.43. The van der Waals surface area contributed by atoms with E-state index in [-0.39, 0.29) is 6.42 Å². The van der Waals surface area contributed by atoms with Gasteiger partial charge in [0.1, 0.15) is 0 Å². The van der Waals surface area contributed by atoms with Gasteiger partial charge in [0.05, 0.1) is 18.1 Å². The number of nitrogens with zero attached hydrogens (tertiary/aromatic N) is 1. The molecule has 0 spiro atoms. The lowest BCUT2D eigenvalue weighted by Gasteiger charge is -2.07. The molecule has 2 aromatic rings. The van der Waals surface area contributed by atoms with Crippen LogP contribution in [-0.2, 0) is 17.8 Å². The predicted octanol–water partition coefficient (Wildman–Crippen LogP) is 2.80. The van der Waals surface area contributed by atoms with Crippen molar-refractivity contribution in [3.63, 3.8) is 0 Å². The van der Waals surface area contributed by atoms with Crippen molar-refractivity contribution in [3.05, 3.63) is 65.2 Å². The summed E-state index contributed by atoms with van der Waals surface area (Å²) < 4.78 is 0. The highest BCUT2D eigenvalue weighted by Crippen LogP contribution is 2.11. The van der Waals surface area contributed by atoms with Gasteiger partial charge in [-0.25, -0.2) is 0 Å². The number of aliphatic carboxylic acids is 1. The maximum atomic E-state index is 10.6. The fraction of sp³-hybridized carbons (Fsp3) is 0.125. The van der Waals surface area contributed by atoms with E-state index in [0.29, 0.717) is 12.1 Å². The molecule has 0 saturated heterocycles. The molecule has 100 valence electrons. The van der Waals surface area contributed by atoms with Crippen molar-refractivity contribution in [1.82, 2.24) is 0 Å². The van der Waals surface area contributed by atoms with Gasteiger partial charge < -0.3 is 10.4 Å². The van der Waals surface area contributed by atoms with E-state index in [1.165, 1.54) is 0 Å². The van der Waals surface area contributed by atoms with Crippen molar-refractivity contribution in [2.75, 3.05) is 5.32 Å². The maximum absolute atomic E-state index is 10.6. The molecule has 0 saturated carbocycles. The Balaban J connectivity index is 1.93. The highest BCUT2D eigenvalue weighted by atomic mass is 16.4. The number of carboxylic acids is 1. The Kier molecular flexibility index (Phi) is 4.35. The highest BCUT2D eigenvalue weighted by molar-refractivity contribution is 5.70. The molecule has 0 radical (unpaired) electrons. The third-order valence-electron chi connectivity index (χ3n) is 2.89.